The van der Waals surface area contributed by atoms with Gasteiger partial charge < -0.3 is 10.6 Å². The van der Waals surface area contributed by atoms with Gasteiger partial charge in [-0.25, -0.2) is 4.63 Å². The van der Waals surface area contributed by atoms with E-state index in [-0.39, 0.29) is 23.5 Å². The van der Waals surface area contributed by atoms with Gasteiger partial charge in [0, 0.05) is 7.05 Å². The van der Waals surface area contributed by atoms with Crippen LogP contribution >= 0.6 is 0 Å². The summed E-state index contributed by atoms with van der Waals surface area (Å²) in [5, 5.41) is 7.00. The van der Waals surface area contributed by atoms with E-state index < -0.39 is 0 Å². The third-order valence-electron chi connectivity index (χ3n) is 3.61. The summed E-state index contributed by atoms with van der Waals surface area (Å²) in [6.45, 7) is 0. The standard InChI is InChI=1S/C13H14N4O2/c1-17(13(18)11-12(14)16-19-15-11)10-7-6-8-4-2-3-5-9(8)10/h2-5,10H,6-7H2,1H3,(H2,14,16). The molecule has 1 unspecified atom stereocenters. The molecule has 0 bridgehead atoms. The second kappa shape index (κ2) is 4.38. The highest BCUT2D eigenvalue weighted by atomic mass is 16.6. The van der Waals surface area contributed by atoms with Crippen LogP contribution in [0.2, 0.25) is 0 Å². The lowest BCUT2D eigenvalue weighted by molar-refractivity contribution is 0.0720. The van der Waals surface area contributed by atoms with Crippen LogP contribution in [-0.2, 0) is 6.42 Å². The Labute approximate surface area is 110 Å². The Morgan fingerprint density at radius 1 is 1.42 bits per heavy atom. The van der Waals surface area contributed by atoms with Crippen LogP contribution in [0.15, 0.2) is 28.9 Å². The molecule has 0 spiro atoms. The van der Waals surface area contributed by atoms with Gasteiger partial charge in [-0.15, -0.1) is 0 Å². The number of anilines is 1. The van der Waals surface area contributed by atoms with Gasteiger partial charge >= 0.3 is 0 Å². The van der Waals surface area contributed by atoms with Gasteiger partial charge in [-0.05, 0) is 34.3 Å². The van der Waals surface area contributed by atoms with E-state index in [0.29, 0.717) is 0 Å². The Bertz CT molecular complexity index is 623. The molecule has 0 aliphatic heterocycles. The summed E-state index contributed by atoms with van der Waals surface area (Å²) in [6, 6.07) is 8.21. The molecule has 98 valence electrons. The van der Waals surface area contributed by atoms with E-state index in [1.165, 1.54) is 11.1 Å². The molecule has 0 radical (unpaired) electrons. The molecule has 1 aliphatic rings. The predicted molar refractivity (Wildman–Crippen MR) is 68.3 cm³/mol. The summed E-state index contributed by atoms with van der Waals surface area (Å²) in [7, 11) is 1.75. The number of fused-ring (bicyclic) bond motifs is 1. The first-order valence-corrected chi connectivity index (χ1v) is 6.11. The first-order valence-electron chi connectivity index (χ1n) is 6.11. The zero-order valence-electron chi connectivity index (χ0n) is 10.5. The largest absolute Gasteiger partial charge is 0.379 e. The molecule has 1 amide bonds. The fourth-order valence-corrected chi connectivity index (χ4v) is 2.59. The first-order chi connectivity index (χ1) is 9.18. The molecule has 3 rings (SSSR count). The normalized spacial score (nSPS) is 17.2. The highest BCUT2D eigenvalue weighted by Crippen LogP contribution is 2.35. The molecule has 1 aliphatic carbocycles. The lowest BCUT2D eigenvalue weighted by atomic mass is 10.1. The van der Waals surface area contributed by atoms with Gasteiger partial charge in [0.25, 0.3) is 5.91 Å². The highest BCUT2D eigenvalue weighted by Gasteiger charge is 2.31. The predicted octanol–water partition coefficient (Wildman–Crippen LogP) is 1.41. The molecular formula is C13H14N4O2. The van der Waals surface area contributed by atoms with Crippen LogP contribution in [0.3, 0.4) is 0 Å². The van der Waals surface area contributed by atoms with Crippen molar-refractivity contribution in [3.8, 4) is 0 Å². The molecule has 1 aromatic carbocycles. The minimum atomic E-state index is -0.263. The smallest absolute Gasteiger partial charge is 0.280 e. The Kier molecular flexibility index (Phi) is 2.70. The number of benzene rings is 1. The molecule has 1 aromatic heterocycles. The monoisotopic (exact) mass is 258 g/mol. The number of carbonyl (C=O) groups excluding carboxylic acids is 1. The third kappa shape index (κ3) is 1.85. The van der Waals surface area contributed by atoms with Gasteiger partial charge in [0.1, 0.15) is 0 Å². The molecule has 0 fully saturated rings. The van der Waals surface area contributed by atoms with Crippen molar-refractivity contribution in [2.24, 2.45) is 0 Å². The molecule has 6 heteroatoms. The maximum atomic E-state index is 12.3. The van der Waals surface area contributed by atoms with Crippen molar-refractivity contribution >= 4 is 11.7 Å². The minimum absolute atomic E-state index is 0.0307. The number of aromatic nitrogens is 2. The van der Waals surface area contributed by atoms with E-state index in [0.717, 1.165) is 12.8 Å². The number of amides is 1. The lowest BCUT2D eigenvalue weighted by Crippen LogP contribution is -2.30. The van der Waals surface area contributed by atoms with Gasteiger partial charge in [0.2, 0.25) is 11.5 Å². The van der Waals surface area contributed by atoms with Crippen molar-refractivity contribution in [2.45, 2.75) is 18.9 Å². The van der Waals surface area contributed by atoms with Crippen molar-refractivity contribution in [3.63, 3.8) is 0 Å². The van der Waals surface area contributed by atoms with Crippen LogP contribution in [0.4, 0.5) is 5.82 Å². The average Bonchev–Trinajstić information content (AvgIpc) is 3.03. The van der Waals surface area contributed by atoms with E-state index in [9.17, 15) is 4.79 Å². The SMILES string of the molecule is CN(C(=O)c1nonc1N)C1CCc2ccccc21. The third-order valence-corrected chi connectivity index (χ3v) is 3.61. The molecular weight excluding hydrogens is 244 g/mol. The number of nitrogens with zero attached hydrogens (tertiary/aromatic N) is 3. The average molecular weight is 258 g/mol. The quantitative estimate of drug-likeness (QED) is 0.880. The van der Waals surface area contributed by atoms with Gasteiger partial charge in [0.05, 0.1) is 6.04 Å². The van der Waals surface area contributed by atoms with Crippen LogP contribution in [0.25, 0.3) is 0 Å². The van der Waals surface area contributed by atoms with E-state index >= 15 is 0 Å². The number of nitrogens with two attached hydrogens (primary N) is 1. The summed E-state index contributed by atoms with van der Waals surface area (Å²) < 4.78 is 4.48. The summed E-state index contributed by atoms with van der Waals surface area (Å²) in [5.74, 6) is -0.233. The molecule has 1 heterocycles. The first kappa shape index (κ1) is 11.7. The van der Waals surface area contributed by atoms with Crippen LogP contribution < -0.4 is 5.73 Å². The second-order valence-corrected chi connectivity index (χ2v) is 4.67. The minimum Gasteiger partial charge on any atom is -0.379 e. The molecule has 1 atom stereocenters. The topological polar surface area (TPSA) is 85.2 Å². The maximum absolute atomic E-state index is 12.3. The van der Waals surface area contributed by atoms with Crippen LogP contribution in [0, 0.1) is 0 Å². The summed E-state index contributed by atoms with van der Waals surface area (Å²) in [4.78, 5) is 14.0. The van der Waals surface area contributed by atoms with Gasteiger partial charge in [-0.1, -0.05) is 24.3 Å². The second-order valence-electron chi connectivity index (χ2n) is 4.67. The Hall–Kier alpha value is -2.37. The van der Waals surface area contributed by atoms with Gasteiger partial charge in [0.15, 0.2) is 0 Å². The number of hydrogen-bond donors (Lipinski definition) is 1. The molecule has 19 heavy (non-hydrogen) atoms. The van der Waals surface area contributed by atoms with Crippen molar-refractivity contribution in [2.75, 3.05) is 12.8 Å². The van der Waals surface area contributed by atoms with Crippen molar-refractivity contribution in [1.29, 1.82) is 0 Å². The van der Waals surface area contributed by atoms with E-state index in [2.05, 4.69) is 27.1 Å². The van der Waals surface area contributed by atoms with Crippen LogP contribution in [0.5, 0.6) is 0 Å². The summed E-state index contributed by atoms with van der Waals surface area (Å²) in [6.07, 6.45) is 1.89. The number of rotatable bonds is 2. The maximum Gasteiger partial charge on any atom is 0.280 e. The van der Waals surface area contributed by atoms with Crippen molar-refractivity contribution in [3.05, 3.63) is 41.1 Å². The summed E-state index contributed by atoms with van der Waals surface area (Å²) >= 11 is 0. The van der Waals surface area contributed by atoms with Crippen LogP contribution in [-0.4, -0.2) is 28.2 Å². The number of carbonyl (C=O) groups is 1. The van der Waals surface area contributed by atoms with E-state index in [1.807, 2.05) is 12.1 Å². The fraction of sp³-hybridized carbons (Fsp3) is 0.308. The van der Waals surface area contributed by atoms with Gasteiger partial charge in [-0.3, -0.25) is 4.79 Å². The van der Waals surface area contributed by atoms with Crippen molar-refractivity contribution in [1.82, 2.24) is 15.2 Å². The van der Waals surface area contributed by atoms with Crippen molar-refractivity contribution < 1.29 is 9.42 Å². The van der Waals surface area contributed by atoms with Crippen LogP contribution in [0.1, 0.15) is 34.1 Å². The zero-order valence-corrected chi connectivity index (χ0v) is 10.5. The zero-order chi connectivity index (χ0) is 13.4. The number of aryl methyl sites for hydroxylation is 1. The Morgan fingerprint density at radius 2 is 2.21 bits per heavy atom. The molecule has 0 saturated carbocycles. The van der Waals surface area contributed by atoms with Gasteiger partial charge in [-0.2, -0.15) is 0 Å². The molecule has 0 saturated heterocycles. The van der Waals surface area contributed by atoms with E-state index in [4.69, 9.17) is 5.73 Å². The molecule has 2 N–H and O–H groups in total. The summed E-state index contributed by atoms with van der Waals surface area (Å²) in [5.41, 5.74) is 8.11. The van der Waals surface area contributed by atoms with E-state index in [1.54, 1.807) is 11.9 Å². The number of nitrogen functional groups attached to an aromatic ring is 1. The molecule has 6 nitrogen and oxygen atoms in total. The lowest BCUT2D eigenvalue weighted by Gasteiger charge is -2.24. The Morgan fingerprint density at radius 3 is 2.95 bits per heavy atom. The molecule has 2 aromatic rings. The number of hydrogen-bond acceptors (Lipinski definition) is 5. The fourth-order valence-electron chi connectivity index (χ4n) is 2.59. The Balaban J connectivity index is 1.88. The highest BCUT2D eigenvalue weighted by molar-refractivity contribution is 5.96.